The maximum absolute atomic E-state index is 12.9. The third-order valence-electron chi connectivity index (χ3n) is 4.73. The Balaban J connectivity index is 1.49. The van der Waals surface area contributed by atoms with Gasteiger partial charge < -0.3 is 4.90 Å². The van der Waals surface area contributed by atoms with Crippen LogP contribution in [0.25, 0.3) is 10.2 Å². The molecule has 0 bridgehead atoms. The Bertz CT molecular complexity index is 1190. The van der Waals surface area contributed by atoms with Crippen LogP contribution in [0.5, 0.6) is 0 Å². The largest absolute Gasteiger partial charge is 0.336 e. The minimum atomic E-state index is -3.77. The van der Waals surface area contributed by atoms with E-state index in [1.54, 1.807) is 28.6 Å². The summed E-state index contributed by atoms with van der Waals surface area (Å²) in [6.45, 7) is 0.980. The molecule has 0 atom stereocenters. The van der Waals surface area contributed by atoms with E-state index in [-0.39, 0.29) is 29.5 Å². The summed E-state index contributed by atoms with van der Waals surface area (Å²) in [5.74, 6) is -0.121. The normalized spacial score (nSPS) is 15.5. The third-order valence-corrected chi connectivity index (χ3v) is 7.48. The van der Waals surface area contributed by atoms with Gasteiger partial charge in [0.2, 0.25) is 10.0 Å². The Morgan fingerprint density at radius 1 is 1.11 bits per heavy atom. The number of rotatable bonds is 3. The summed E-state index contributed by atoms with van der Waals surface area (Å²) >= 11 is 1.47. The number of hydrogen-bond acceptors (Lipinski definition) is 6. The van der Waals surface area contributed by atoms with Gasteiger partial charge in [-0.15, -0.1) is 11.3 Å². The number of thiazole rings is 1. The fraction of sp³-hybridized carbons (Fsp3) is 0.211. The van der Waals surface area contributed by atoms with E-state index in [0.29, 0.717) is 18.7 Å². The maximum Gasteiger partial charge on any atom is 0.253 e. The number of hydrogen-bond donors (Lipinski definition) is 0. The fourth-order valence-corrected chi connectivity index (χ4v) is 5.51. The standard InChI is InChI=1S/C19H16N4O3S2/c20-12-15-3-1-2-4-18(15)28(25,26)23-9-7-22(8-10-23)19(24)14-5-6-16-17(11-14)27-13-21-16/h1-6,11,13H,7-10H2. The van der Waals surface area contributed by atoms with Crippen molar-refractivity contribution in [2.75, 3.05) is 26.2 Å². The van der Waals surface area contributed by atoms with E-state index in [0.717, 1.165) is 10.2 Å². The SMILES string of the molecule is N#Cc1ccccc1S(=O)(=O)N1CCN(C(=O)c2ccc3ncsc3c2)CC1. The second kappa shape index (κ2) is 7.31. The van der Waals surface area contributed by atoms with Crippen molar-refractivity contribution < 1.29 is 13.2 Å². The molecule has 2 heterocycles. The molecular formula is C19H16N4O3S2. The topological polar surface area (TPSA) is 94.4 Å². The van der Waals surface area contributed by atoms with E-state index in [4.69, 9.17) is 0 Å². The average molecular weight is 412 g/mol. The minimum Gasteiger partial charge on any atom is -0.336 e. The third kappa shape index (κ3) is 3.26. The van der Waals surface area contributed by atoms with Gasteiger partial charge in [-0.05, 0) is 30.3 Å². The number of nitrogens with zero attached hydrogens (tertiary/aromatic N) is 4. The highest BCUT2D eigenvalue weighted by Gasteiger charge is 2.31. The Morgan fingerprint density at radius 3 is 2.61 bits per heavy atom. The molecule has 1 aromatic heterocycles. The molecule has 28 heavy (non-hydrogen) atoms. The van der Waals surface area contributed by atoms with Gasteiger partial charge in [0, 0.05) is 31.7 Å². The monoisotopic (exact) mass is 412 g/mol. The summed E-state index contributed by atoms with van der Waals surface area (Å²) in [5.41, 5.74) is 3.29. The molecule has 0 spiro atoms. The molecule has 0 unspecified atom stereocenters. The molecule has 1 saturated heterocycles. The highest BCUT2D eigenvalue weighted by atomic mass is 32.2. The van der Waals surface area contributed by atoms with Gasteiger partial charge >= 0.3 is 0 Å². The molecule has 9 heteroatoms. The molecule has 7 nitrogen and oxygen atoms in total. The molecule has 1 aliphatic heterocycles. The van der Waals surface area contributed by atoms with Gasteiger partial charge in [-0.25, -0.2) is 13.4 Å². The summed E-state index contributed by atoms with van der Waals surface area (Å²) < 4.78 is 28.1. The van der Waals surface area contributed by atoms with Crippen LogP contribution in [0.15, 0.2) is 52.9 Å². The first-order chi connectivity index (χ1) is 13.5. The van der Waals surface area contributed by atoms with E-state index in [2.05, 4.69) is 4.98 Å². The minimum absolute atomic E-state index is 0.00734. The van der Waals surface area contributed by atoms with Crippen LogP contribution in [0.2, 0.25) is 0 Å². The zero-order valence-electron chi connectivity index (χ0n) is 14.8. The molecule has 1 amide bonds. The summed E-state index contributed by atoms with van der Waals surface area (Å²) in [4.78, 5) is 18.7. The second-order valence-corrected chi connectivity index (χ2v) is 9.13. The summed E-state index contributed by atoms with van der Waals surface area (Å²) in [7, 11) is -3.77. The van der Waals surface area contributed by atoms with E-state index in [1.807, 2.05) is 18.2 Å². The van der Waals surface area contributed by atoms with Crippen molar-refractivity contribution in [1.29, 1.82) is 5.26 Å². The number of carbonyl (C=O) groups is 1. The number of piperazine rings is 1. The van der Waals surface area contributed by atoms with Gasteiger partial charge in [0.15, 0.2) is 0 Å². The predicted molar refractivity (Wildman–Crippen MR) is 105 cm³/mol. The molecule has 0 radical (unpaired) electrons. The van der Waals surface area contributed by atoms with Crippen LogP contribution in [0.1, 0.15) is 15.9 Å². The van der Waals surface area contributed by atoms with Crippen LogP contribution in [-0.4, -0.2) is 54.7 Å². The highest BCUT2D eigenvalue weighted by Crippen LogP contribution is 2.23. The number of amides is 1. The smallest absolute Gasteiger partial charge is 0.253 e. The quantitative estimate of drug-likeness (QED) is 0.658. The number of carbonyl (C=O) groups excluding carboxylic acids is 1. The summed E-state index contributed by atoms with van der Waals surface area (Å²) in [5, 5.41) is 9.19. The first kappa shape index (κ1) is 18.6. The van der Waals surface area contributed by atoms with Gasteiger partial charge in [0.05, 0.1) is 26.2 Å². The summed E-state index contributed by atoms with van der Waals surface area (Å²) in [6.07, 6.45) is 0. The van der Waals surface area contributed by atoms with Gasteiger partial charge in [0.1, 0.15) is 6.07 Å². The first-order valence-corrected chi connectivity index (χ1v) is 10.9. The van der Waals surface area contributed by atoms with Crippen molar-refractivity contribution in [3.8, 4) is 6.07 Å². The molecule has 0 N–H and O–H groups in total. The number of nitriles is 1. The van der Waals surface area contributed by atoms with Gasteiger partial charge in [-0.3, -0.25) is 4.79 Å². The Labute approximate surface area is 166 Å². The number of fused-ring (bicyclic) bond motifs is 1. The first-order valence-electron chi connectivity index (χ1n) is 8.62. The van der Waals surface area contributed by atoms with Gasteiger partial charge in [-0.2, -0.15) is 9.57 Å². The molecule has 0 aliphatic carbocycles. The van der Waals surface area contributed by atoms with Crippen LogP contribution in [0, 0.1) is 11.3 Å². The molecule has 2 aromatic carbocycles. The van der Waals surface area contributed by atoms with Crippen molar-refractivity contribution in [3.63, 3.8) is 0 Å². The molecular weight excluding hydrogens is 396 g/mol. The molecule has 1 aliphatic rings. The fourth-order valence-electron chi connectivity index (χ4n) is 3.23. The zero-order valence-corrected chi connectivity index (χ0v) is 16.4. The van der Waals surface area contributed by atoms with E-state index in [1.165, 1.54) is 27.8 Å². The van der Waals surface area contributed by atoms with Crippen LogP contribution in [-0.2, 0) is 10.0 Å². The second-order valence-electron chi connectivity index (χ2n) is 6.34. The van der Waals surface area contributed by atoms with Crippen molar-refractivity contribution in [3.05, 3.63) is 59.1 Å². The lowest BCUT2D eigenvalue weighted by Crippen LogP contribution is -2.50. The molecule has 3 aromatic rings. The van der Waals surface area contributed by atoms with Crippen molar-refractivity contribution in [2.45, 2.75) is 4.90 Å². The Kier molecular flexibility index (Phi) is 4.85. The predicted octanol–water partition coefficient (Wildman–Crippen LogP) is 2.31. The van der Waals surface area contributed by atoms with Crippen molar-refractivity contribution in [1.82, 2.24) is 14.2 Å². The van der Waals surface area contributed by atoms with Crippen molar-refractivity contribution >= 4 is 37.5 Å². The lowest BCUT2D eigenvalue weighted by atomic mass is 10.2. The lowest BCUT2D eigenvalue weighted by Gasteiger charge is -2.34. The number of benzene rings is 2. The number of aromatic nitrogens is 1. The van der Waals surface area contributed by atoms with Gasteiger partial charge in [-0.1, -0.05) is 12.1 Å². The Morgan fingerprint density at radius 2 is 1.86 bits per heavy atom. The highest BCUT2D eigenvalue weighted by molar-refractivity contribution is 7.89. The maximum atomic E-state index is 12.9. The van der Waals surface area contributed by atoms with E-state index < -0.39 is 10.0 Å². The Hall–Kier alpha value is -2.80. The lowest BCUT2D eigenvalue weighted by molar-refractivity contribution is 0.0698. The molecule has 0 saturated carbocycles. The van der Waals surface area contributed by atoms with Crippen LogP contribution in [0.4, 0.5) is 0 Å². The van der Waals surface area contributed by atoms with Crippen LogP contribution < -0.4 is 0 Å². The zero-order chi connectivity index (χ0) is 19.7. The average Bonchev–Trinajstić information content (AvgIpc) is 3.21. The molecule has 4 rings (SSSR count). The van der Waals surface area contributed by atoms with E-state index in [9.17, 15) is 18.5 Å². The molecule has 1 fully saturated rings. The van der Waals surface area contributed by atoms with Gasteiger partial charge in [0.25, 0.3) is 5.91 Å². The van der Waals surface area contributed by atoms with Crippen LogP contribution >= 0.6 is 11.3 Å². The van der Waals surface area contributed by atoms with Crippen LogP contribution in [0.3, 0.4) is 0 Å². The van der Waals surface area contributed by atoms with Crippen molar-refractivity contribution in [2.24, 2.45) is 0 Å². The molecule has 142 valence electrons. The number of sulfonamides is 1. The summed E-state index contributed by atoms with van der Waals surface area (Å²) in [6, 6.07) is 13.5. The van der Waals surface area contributed by atoms with E-state index >= 15 is 0 Å².